The van der Waals surface area contributed by atoms with Crippen LogP contribution < -0.4 is 53.2 Å². The van der Waals surface area contributed by atoms with Gasteiger partial charge in [0.25, 0.3) is 0 Å². The van der Waals surface area contributed by atoms with Crippen LogP contribution in [0.5, 0.6) is 0 Å². The number of nitrogens with one attached hydrogen (secondary N) is 10. The summed E-state index contributed by atoms with van der Waals surface area (Å²) in [5.74, 6) is -0.748. The number of rotatable bonds is 10. The average Bonchev–Trinajstić information content (AvgIpc) is 4.14. The largest absolute Gasteiger partial charge is 0.469 e. The van der Waals surface area contributed by atoms with Gasteiger partial charge in [0, 0.05) is 56.4 Å². The maximum Gasteiger partial charge on any atom is 0.324 e. The molecule has 10 unspecified atom stereocenters. The van der Waals surface area contributed by atoms with Crippen LogP contribution in [0.25, 0.3) is 0 Å². The predicted molar refractivity (Wildman–Crippen MR) is 277 cm³/mol. The van der Waals surface area contributed by atoms with E-state index in [0.717, 1.165) is 84.5 Å². The minimum absolute atomic E-state index is 0.0150. The topological polar surface area (TPSA) is 252 Å². The molecule has 0 aromatic carbocycles. The van der Waals surface area contributed by atoms with Gasteiger partial charge < -0.3 is 76.9 Å². The smallest absolute Gasteiger partial charge is 0.324 e. The molecule has 10 atom stereocenters. The summed E-state index contributed by atoms with van der Waals surface area (Å²) in [6.45, 7) is 26.8. The average molecular weight is 983 g/mol. The third kappa shape index (κ3) is 29.9. The van der Waals surface area contributed by atoms with Crippen LogP contribution in [-0.2, 0) is 47.7 Å². The van der Waals surface area contributed by atoms with Crippen molar-refractivity contribution in [3.63, 3.8) is 0 Å². The predicted octanol–water partition coefficient (Wildman–Crippen LogP) is 1.42. The van der Waals surface area contributed by atoms with Gasteiger partial charge in [-0.05, 0) is 93.5 Å². The number of piperidine rings is 3. The SMILES string of the molecule is CC.CC.CC.CC.CC.CNC1CCCNC1C(=O)OC.CNC1CCNC1C(=O)OC.CNC1CCNCC1C(=O)OC.CNC1CNCC1C(=O)OC.CNC1CNCCC1C(=O)OC. The monoisotopic (exact) mass is 983 g/mol. The molecule has 5 aliphatic rings. The summed E-state index contributed by atoms with van der Waals surface area (Å²) in [6, 6.07) is 0.805. The van der Waals surface area contributed by atoms with E-state index in [0.29, 0.717) is 0 Å². The fraction of sp³-hybridized carbons (Fsp3) is 0.896. The second kappa shape index (κ2) is 51.8. The highest BCUT2D eigenvalue weighted by Gasteiger charge is 2.34. The summed E-state index contributed by atoms with van der Waals surface area (Å²) in [7, 11) is 16.5. The van der Waals surface area contributed by atoms with Gasteiger partial charge in [-0.25, -0.2) is 0 Å². The third-order valence-corrected chi connectivity index (χ3v) is 11.1. The van der Waals surface area contributed by atoms with Gasteiger partial charge in [-0.1, -0.05) is 69.2 Å². The van der Waals surface area contributed by atoms with E-state index in [2.05, 4.69) is 67.4 Å². The second-order valence-electron chi connectivity index (χ2n) is 14.3. The minimum atomic E-state index is -0.179. The van der Waals surface area contributed by atoms with Gasteiger partial charge in [-0.2, -0.15) is 0 Å². The normalized spacial score (nSPS) is 26.1. The van der Waals surface area contributed by atoms with Crippen molar-refractivity contribution in [3.05, 3.63) is 0 Å². The van der Waals surface area contributed by atoms with E-state index in [9.17, 15) is 24.0 Å². The molecule has 68 heavy (non-hydrogen) atoms. The van der Waals surface area contributed by atoms with E-state index in [1.54, 1.807) is 0 Å². The van der Waals surface area contributed by atoms with Crippen molar-refractivity contribution in [2.45, 2.75) is 144 Å². The fourth-order valence-electron chi connectivity index (χ4n) is 7.54. The molecular formula is C48H106N10O10. The first kappa shape index (κ1) is 73.9. The molecule has 0 aliphatic carbocycles. The highest BCUT2D eigenvalue weighted by atomic mass is 16.5. The molecule has 408 valence electrons. The molecule has 0 amide bonds. The minimum Gasteiger partial charge on any atom is -0.469 e. The Balaban J connectivity index is -0.000000232. The Morgan fingerprint density at radius 1 is 0.353 bits per heavy atom. The number of hydrogen-bond donors (Lipinski definition) is 10. The summed E-state index contributed by atoms with van der Waals surface area (Å²) >= 11 is 0. The molecule has 10 N–H and O–H groups in total. The van der Waals surface area contributed by atoms with Gasteiger partial charge in [0.1, 0.15) is 12.1 Å². The molecule has 0 bridgehead atoms. The summed E-state index contributed by atoms with van der Waals surface area (Å²) in [5, 5.41) is 31.2. The van der Waals surface area contributed by atoms with Crippen LogP contribution in [0, 0.1) is 17.8 Å². The van der Waals surface area contributed by atoms with Crippen LogP contribution >= 0.6 is 0 Å². The van der Waals surface area contributed by atoms with Crippen LogP contribution in [0.2, 0.25) is 0 Å². The van der Waals surface area contributed by atoms with Gasteiger partial charge in [-0.15, -0.1) is 0 Å². The maximum absolute atomic E-state index is 11.2. The van der Waals surface area contributed by atoms with Crippen molar-refractivity contribution >= 4 is 29.8 Å². The molecule has 0 aromatic rings. The zero-order chi connectivity index (χ0) is 53.5. The molecule has 20 heteroatoms. The highest BCUT2D eigenvalue weighted by Crippen LogP contribution is 2.15. The molecule has 5 fully saturated rings. The summed E-state index contributed by atoms with van der Waals surface area (Å²) in [5.41, 5.74) is 0. The van der Waals surface area contributed by atoms with Crippen molar-refractivity contribution in [1.29, 1.82) is 0 Å². The van der Waals surface area contributed by atoms with Crippen LogP contribution in [0.4, 0.5) is 0 Å². The Bertz CT molecular complexity index is 1080. The molecule has 0 saturated carbocycles. The Labute approximate surface area is 414 Å². The fourth-order valence-corrected chi connectivity index (χ4v) is 7.54. The van der Waals surface area contributed by atoms with Gasteiger partial charge in [0.05, 0.1) is 53.3 Å². The molecular weight excluding hydrogens is 877 g/mol. The van der Waals surface area contributed by atoms with Crippen molar-refractivity contribution in [3.8, 4) is 0 Å². The van der Waals surface area contributed by atoms with Crippen LogP contribution in [-0.4, -0.2) is 195 Å². The maximum atomic E-state index is 11.2. The molecule has 20 nitrogen and oxygen atoms in total. The molecule has 5 heterocycles. The van der Waals surface area contributed by atoms with E-state index >= 15 is 0 Å². The van der Waals surface area contributed by atoms with Gasteiger partial charge in [0.15, 0.2) is 0 Å². The number of carbonyl (C=O) groups excluding carboxylic acids is 5. The summed E-state index contributed by atoms with van der Waals surface area (Å²) in [6.07, 6.45) is 4.97. The lowest BCUT2D eigenvalue weighted by molar-refractivity contribution is -0.147. The Morgan fingerprint density at radius 3 is 1.12 bits per heavy atom. The molecule has 0 spiro atoms. The number of esters is 5. The lowest BCUT2D eigenvalue weighted by Gasteiger charge is -2.30. The van der Waals surface area contributed by atoms with Crippen LogP contribution in [0.15, 0.2) is 0 Å². The molecule has 0 aromatic heterocycles. The van der Waals surface area contributed by atoms with Crippen LogP contribution in [0.3, 0.4) is 0 Å². The number of methoxy groups -OCH3 is 5. The zero-order valence-electron chi connectivity index (χ0n) is 46.5. The van der Waals surface area contributed by atoms with E-state index in [1.165, 1.54) is 35.5 Å². The molecule has 5 rings (SSSR count). The first-order valence-corrected chi connectivity index (χ1v) is 25.3. The number of carbonyl (C=O) groups is 5. The van der Waals surface area contributed by atoms with E-state index in [-0.39, 0.29) is 89.9 Å². The highest BCUT2D eigenvalue weighted by molar-refractivity contribution is 5.77. The first-order chi connectivity index (χ1) is 33.0. The number of likely N-dealkylation sites (N-methyl/N-ethyl adjacent to an activating group) is 4. The van der Waals surface area contributed by atoms with Crippen molar-refractivity contribution in [2.75, 3.05) is 123 Å². The lowest BCUT2D eigenvalue weighted by atomic mass is 9.93. The molecule has 0 radical (unpaired) electrons. The van der Waals surface area contributed by atoms with Gasteiger partial charge in [-0.3, -0.25) is 24.0 Å². The zero-order valence-corrected chi connectivity index (χ0v) is 46.5. The Hall–Kier alpha value is -3.05. The lowest BCUT2D eigenvalue weighted by Crippen LogP contribution is -2.55. The summed E-state index contributed by atoms with van der Waals surface area (Å²) < 4.78 is 23.4. The van der Waals surface area contributed by atoms with E-state index in [4.69, 9.17) is 9.47 Å². The first-order valence-electron chi connectivity index (χ1n) is 25.3. The standard InChI is InChI=1S/3C8H16N2O2.2C7H14N2O2.5C2H6/c1-9-7-3-4-10-5-6(7)8(11)12-2;1-9-7-5-10-4-3-6(7)8(11)12-2;1-9-6-4-3-5-10-7(6)8(11)12-2;1-8-6-4-9-3-5(6)7(10)11-2;1-8-5-3-4-9-6(5)7(10)11-2;5*1-2/h3*6-7,9-10H,3-5H2,1-2H3;2*5-6,8-9H,3-4H2,1-2H3;5*1-2H3. The van der Waals surface area contributed by atoms with Crippen LogP contribution in [0.1, 0.15) is 101 Å². The van der Waals surface area contributed by atoms with Crippen molar-refractivity contribution < 1.29 is 47.7 Å². The van der Waals surface area contributed by atoms with E-state index < -0.39 is 0 Å². The second-order valence-corrected chi connectivity index (χ2v) is 14.3. The quantitative estimate of drug-likeness (QED) is 0.110. The summed E-state index contributed by atoms with van der Waals surface area (Å²) in [4.78, 5) is 55.8. The van der Waals surface area contributed by atoms with Gasteiger partial charge >= 0.3 is 29.8 Å². The van der Waals surface area contributed by atoms with Crippen molar-refractivity contribution in [1.82, 2.24) is 53.2 Å². The molecule has 5 aliphatic heterocycles. The Morgan fingerprint density at radius 2 is 0.676 bits per heavy atom. The van der Waals surface area contributed by atoms with Crippen molar-refractivity contribution in [2.24, 2.45) is 17.8 Å². The van der Waals surface area contributed by atoms with E-state index in [1.807, 2.05) is 104 Å². The third-order valence-electron chi connectivity index (χ3n) is 11.1. The number of ether oxygens (including phenoxy) is 5. The molecule has 5 saturated heterocycles. The number of hydrogen-bond acceptors (Lipinski definition) is 20. The van der Waals surface area contributed by atoms with Gasteiger partial charge in [0.2, 0.25) is 0 Å². The Kier molecular flexibility index (Phi) is 56.3.